The van der Waals surface area contributed by atoms with Gasteiger partial charge in [0.05, 0.1) is 16.6 Å². The zero-order valence-electron chi connectivity index (χ0n) is 11.5. The Hall–Kier alpha value is -1.85. The van der Waals surface area contributed by atoms with Crippen molar-refractivity contribution >= 4 is 34.2 Å². The smallest absolute Gasteiger partial charge is 0.170 e. The minimum atomic E-state index is 0.184. The molecule has 3 rings (SSSR count). The standard InChI is InChI=1S/C14H12Cl2N4O/c1-8-3-4-11(10(15)5-8)21-7-12-18-13(16)9-6-17-20(2)14(9)19-12/h3-6H,7H2,1-2H3. The molecule has 0 N–H and O–H groups in total. The highest BCUT2D eigenvalue weighted by molar-refractivity contribution is 6.33. The van der Waals surface area contributed by atoms with Crippen molar-refractivity contribution in [2.75, 3.05) is 0 Å². The van der Waals surface area contributed by atoms with Gasteiger partial charge < -0.3 is 4.74 Å². The van der Waals surface area contributed by atoms with Crippen LogP contribution in [0.3, 0.4) is 0 Å². The molecule has 0 fully saturated rings. The number of hydrogen-bond donors (Lipinski definition) is 0. The molecule has 0 saturated carbocycles. The molecule has 0 unspecified atom stereocenters. The van der Waals surface area contributed by atoms with Crippen molar-refractivity contribution in [2.24, 2.45) is 7.05 Å². The number of ether oxygens (including phenoxy) is 1. The summed E-state index contributed by atoms with van der Waals surface area (Å²) in [5.74, 6) is 1.07. The Morgan fingerprint density at radius 3 is 2.81 bits per heavy atom. The van der Waals surface area contributed by atoms with Crippen molar-refractivity contribution in [1.29, 1.82) is 0 Å². The fourth-order valence-corrected chi connectivity index (χ4v) is 2.48. The first kappa shape index (κ1) is 14.1. The number of hydrogen-bond acceptors (Lipinski definition) is 4. The van der Waals surface area contributed by atoms with Gasteiger partial charge in [-0.2, -0.15) is 5.10 Å². The molecule has 21 heavy (non-hydrogen) atoms. The Labute approximate surface area is 131 Å². The molecule has 0 spiro atoms. The maximum atomic E-state index is 6.12. The van der Waals surface area contributed by atoms with Crippen molar-refractivity contribution in [3.05, 3.63) is 46.0 Å². The number of fused-ring (bicyclic) bond motifs is 1. The van der Waals surface area contributed by atoms with Gasteiger partial charge in [0.2, 0.25) is 0 Å². The van der Waals surface area contributed by atoms with E-state index in [1.165, 1.54) is 0 Å². The number of rotatable bonds is 3. The molecule has 108 valence electrons. The SMILES string of the molecule is Cc1ccc(OCc2nc(Cl)c3cnn(C)c3n2)c(Cl)c1. The van der Waals surface area contributed by atoms with Crippen LogP contribution in [0.25, 0.3) is 11.0 Å². The van der Waals surface area contributed by atoms with Crippen molar-refractivity contribution in [3.8, 4) is 5.75 Å². The quantitative estimate of drug-likeness (QED) is 0.692. The predicted molar refractivity (Wildman–Crippen MR) is 81.8 cm³/mol. The second-order valence-corrected chi connectivity index (χ2v) is 5.42. The van der Waals surface area contributed by atoms with Gasteiger partial charge in [0.15, 0.2) is 11.5 Å². The van der Waals surface area contributed by atoms with Crippen LogP contribution in [0.2, 0.25) is 10.2 Å². The second kappa shape index (κ2) is 5.50. The summed E-state index contributed by atoms with van der Waals surface area (Å²) in [5, 5.41) is 5.75. The molecule has 0 aliphatic rings. The van der Waals surface area contributed by atoms with Crippen LogP contribution >= 0.6 is 23.2 Å². The zero-order valence-corrected chi connectivity index (χ0v) is 13.0. The highest BCUT2D eigenvalue weighted by atomic mass is 35.5. The number of aryl methyl sites for hydroxylation is 2. The van der Waals surface area contributed by atoms with Crippen molar-refractivity contribution in [3.63, 3.8) is 0 Å². The van der Waals surface area contributed by atoms with Gasteiger partial charge >= 0.3 is 0 Å². The lowest BCUT2D eigenvalue weighted by Crippen LogP contribution is -2.04. The molecule has 7 heteroatoms. The van der Waals surface area contributed by atoms with Crippen molar-refractivity contribution < 1.29 is 4.74 Å². The summed E-state index contributed by atoms with van der Waals surface area (Å²) >= 11 is 12.2. The first-order chi connectivity index (χ1) is 10.0. The van der Waals surface area contributed by atoms with E-state index in [1.54, 1.807) is 17.9 Å². The Bertz CT molecular complexity index is 816. The third-order valence-electron chi connectivity index (χ3n) is 3.04. The summed E-state index contributed by atoms with van der Waals surface area (Å²) in [6, 6.07) is 5.59. The van der Waals surface area contributed by atoms with Gasteiger partial charge in [-0.25, -0.2) is 9.97 Å². The topological polar surface area (TPSA) is 52.8 Å². The second-order valence-electron chi connectivity index (χ2n) is 4.66. The van der Waals surface area contributed by atoms with E-state index in [0.29, 0.717) is 27.4 Å². The molecule has 5 nitrogen and oxygen atoms in total. The van der Waals surface area contributed by atoms with E-state index in [0.717, 1.165) is 10.9 Å². The van der Waals surface area contributed by atoms with Crippen LogP contribution in [0.5, 0.6) is 5.75 Å². The Balaban J connectivity index is 1.86. The average Bonchev–Trinajstić information content (AvgIpc) is 2.80. The normalized spacial score (nSPS) is 11.0. The molecule has 0 aliphatic carbocycles. The van der Waals surface area contributed by atoms with Gasteiger partial charge in [0, 0.05) is 7.05 Å². The van der Waals surface area contributed by atoms with Crippen LogP contribution in [-0.4, -0.2) is 19.7 Å². The molecule has 2 heterocycles. The fraction of sp³-hybridized carbons (Fsp3) is 0.214. The van der Waals surface area contributed by atoms with Gasteiger partial charge in [-0.15, -0.1) is 0 Å². The summed E-state index contributed by atoms with van der Waals surface area (Å²) in [4.78, 5) is 8.60. The Morgan fingerprint density at radius 2 is 2.05 bits per heavy atom. The lowest BCUT2D eigenvalue weighted by atomic mass is 10.2. The lowest BCUT2D eigenvalue weighted by molar-refractivity contribution is 0.296. The third kappa shape index (κ3) is 2.80. The van der Waals surface area contributed by atoms with E-state index < -0.39 is 0 Å². The molecule has 0 atom stereocenters. The molecule has 2 aromatic heterocycles. The van der Waals surface area contributed by atoms with E-state index in [9.17, 15) is 0 Å². The van der Waals surface area contributed by atoms with Gasteiger partial charge in [-0.3, -0.25) is 4.68 Å². The molecule has 0 aliphatic heterocycles. The number of halogens is 2. The molecular weight excluding hydrogens is 311 g/mol. The first-order valence-corrected chi connectivity index (χ1v) is 7.03. The van der Waals surface area contributed by atoms with Crippen molar-refractivity contribution in [1.82, 2.24) is 19.7 Å². The summed E-state index contributed by atoms with van der Waals surface area (Å²) in [5.41, 5.74) is 1.74. The largest absolute Gasteiger partial charge is 0.484 e. The number of nitrogens with zero attached hydrogens (tertiary/aromatic N) is 4. The molecule has 0 radical (unpaired) electrons. The summed E-state index contributed by atoms with van der Waals surface area (Å²) in [7, 11) is 1.80. The maximum Gasteiger partial charge on any atom is 0.170 e. The average molecular weight is 323 g/mol. The summed E-state index contributed by atoms with van der Waals surface area (Å²) < 4.78 is 7.30. The van der Waals surface area contributed by atoms with Crippen LogP contribution in [0.1, 0.15) is 11.4 Å². The molecule has 0 amide bonds. The van der Waals surface area contributed by atoms with Crippen molar-refractivity contribution in [2.45, 2.75) is 13.5 Å². The summed E-state index contributed by atoms with van der Waals surface area (Å²) in [6.45, 7) is 2.15. The number of aromatic nitrogens is 4. The first-order valence-electron chi connectivity index (χ1n) is 6.27. The van der Waals surface area contributed by atoms with E-state index in [2.05, 4.69) is 15.1 Å². The maximum absolute atomic E-state index is 6.12. The molecule has 3 aromatic rings. The fourth-order valence-electron chi connectivity index (χ4n) is 1.96. The molecular formula is C14H12Cl2N4O. The molecule has 0 saturated heterocycles. The van der Waals surface area contributed by atoms with Crippen LogP contribution in [0.15, 0.2) is 24.4 Å². The van der Waals surface area contributed by atoms with Crippen LogP contribution < -0.4 is 4.74 Å². The minimum absolute atomic E-state index is 0.184. The zero-order chi connectivity index (χ0) is 15.0. The molecule has 1 aromatic carbocycles. The van der Waals surface area contributed by atoms with Crippen LogP contribution in [0, 0.1) is 6.92 Å². The van der Waals surface area contributed by atoms with Gasteiger partial charge in [-0.05, 0) is 24.6 Å². The van der Waals surface area contributed by atoms with E-state index in [4.69, 9.17) is 27.9 Å². The number of benzene rings is 1. The highest BCUT2D eigenvalue weighted by Gasteiger charge is 2.11. The van der Waals surface area contributed by atoms with E-state index in [-0.39, 0.29) is 6.61 Å². The Morgan fingerprint density at radius 1 is 1.24 bits per heavy atom. The molecule has 0 bridgehead atoms. The predicted octanol–water partition coefficient (Wildman–Crippen LogP) is 3.56. The van der Waals surface area contributed by atoms with Gasteiger partial charge in [0.1, 0.15) is 17.5 Å². The van der Waals surface area contributed by atoms with Gasteiger partial charge in [-0.1, -0.05) is 29.3 Å². The highest BCUT2D eigenvalue weighted by Crippen LogP contribution is 2.26. The summed E-state index contributed by atoms with van der Waals surface area (Å²) in [6.07, 6.45) is 1.64. The minimum Gasteiger partial charge on any atom is -0.484 e. The van der Waals surface area contributed by atoms with E-state index >= 15 is 0 Å². The third-order valence-corrected chi connectivity index (χ3v) is 3.62. The van der Waals surface area contributed by atoms with E-state index in [1.807, 2.05) is 25.1 Å². The van der Waals surface area contributed by atoms with Gasteiger partial charge in [0.25, 0.3) is 0 Å². The monoisotopic (exact) mass is 322 g/mol. The lowest BCUT2D eigenvalue weighted by Gasteiger charge is -2.08. The van der Waals surface area contributed by atoms with Crippen LogP contribution in [0.4, 0.5) is 0 Å². The van der Waals surface area contributed by atoms with Crippen LogP contribution in [-0.2, 0) is 13.7 Å². The Kier molecular flexibility index (Phi) is 3.69.